The maximum absolute atomic E-state index is 5.18. The van der Waals surface area contributed by atoms with E-state index >= 15 is 0 Å². The molecule has 1 saturated heterocycles. The van der Waals surface area contributed by atoms with Crippen molar-refractivity contribution in [3.63, 3.8) is 0 Å². The Kier molecular flexibility index (Phi) is 5.70. The van der Waals surface area contributed by atoms with E-state index in [1.807, 2.05) is 0 Å². The van der Waals surface area contributed by atoms with Gasteiger partial charge in [-0.15, -0.1) is 6.42 Å². The highest BCUT2D eigenvalue weighted by atomic mass is 15.2. The van der Waals surface area contributed by atoms with Crippen LogP contribution in [0.1, 0.15) is 12.8 Å². The smallest absolute Gasteiger partial charge is 0.0574 e. The van der Waals surface area contributed by atoms with Crippen LogP contribution in [0.4, 0.5) is 0 Å². The molecule has 0 radical (unpaired) electrons. The number of likely N-dealkylation sites (tertiary alicyclic amines) is 1. The Morgan fingerprint density at radius 3 is 3.00 bits per heavy atom. The van der Waals surface area contributed by atoms with Crippen molar-refractivity contribution in [1.29, 1.82) is 0 Å². The van der Waals surface area contributed by atoms with Crippen molar-refractivity contribution in [3.8, 4) is 12.3 Å². The van der Waals surface area contributed by atoms with E-state index in [1.165, 1.54) is 25.9 Å². The average molecular weight is 209 g/mol. The summed E-state index contributed by atoms with van der Waals surface area (Å²) in [6.07, 6.45) is 7.83. The second kappa shape index (κ2) is 6.84. The molecule has 0 saturated carbocycles. The summed E-state index contributed by atoms with van der Waals surface area (Å²) in [4.78, 5) is 4.86. The predicted molar refractivity (Wildman–Crippen MR) is 64.9 cm³/mol. The van der Waals surface area contributed by atoms with E-state index in [4.69, 9.17) is 6.42 Å². The fourth-order valence-electron chi connectivity index (χ4n) is 2.05. The Hall–Kier alpha value is -0.560. The second-order valence-corrected chi connectivity index (χ2v) is 4.44. The maximum atomic E-state index is 5.18. The first-order valence-electron chi connectivity index (χ1n) is 5.77. The van der Waals surface area contributed by atoms with Gasteiger partial charge in [0.05, 0.1) is 6.54 Å². The summed E-state index contributed by atoms with van der Waals surface area (Å²) in [6, 6.07) is 0.728. The molecule has 0 aromatic heterocycles. The van der Waals surface area contributed by atoms with Gasteiger partial charge < -0.3 is 15.1 Å². The third-order valence-corrected chi connectivity index (χ3v) is 3.04. The van der Waals surface area contributed by atoms with Gasteiger partial charge in [0, 0.05) is 25.7 Å². The molecule has 0 amide bonds. The first-order chi connectivity index (χ1) is 7.24. The Bertz CT molecular complexity index is 207. The molecule has 15 heavy (non-hydrogen) atoms. The van der Waals surface area contributed by atoms with Crippen LogP contribution in [-0.2, 0) is 0 Å². The molecular formula is C12H23N3. The van der Waals surface area contributed by atoms with Crippen LogP contribution in [0.25, 0.3) is 0 Å². The maximum Gasteiger partial charge on any atom is 0.0574 e. The van der Waals surface area contributed by atoms with Crippen LogP contribution >= 0.6 is 0 Å². The van der Waals surface area contributed by atoms with E-state index in [0.717, 1.165) is 19.1 Å². The minimum absolute atomic E-state index is 0.685. The number of nitrogens with one attached hydrogen (secondary N) is 1. The Morgan fingerprint density at radius 2 is 2.33 bits per heavy atom. The van der Waals surface area contributed by atoms with Gasteiger partial charge >= 0.3 is 0 Å². The van der Waals surface area contributed by atoms with Crippen LogP contribution in [0, 0.1) is 12.3 Å². The number of nitrogens with zero attached hydrogens (tertiary/aromatic N) is 2. The third-order valence-electron chi connectivity index (χ3n) is 3.04. The second-order valence-electron chi connectivity index (χ2n) is 4.44. The number of hydrogen-bond donors (Lipinski definition) is 1. The zero-order valence-electron chi connectivity index (χ0n) is 10.00. The molecule has 1 heterocycles. The lowest BCUT2D eigenvalue weighted by atomic mass is 10.1. The third kappa shape index (κ3) is 4.65. The van der Waals surface area contributed by atoms with Crippen molar-refractivity contribution in [1.82, 2.24) is 15.1 Å². The van der Waals surface area contributed by atoms with E-state index in [1.54, 1.807) is 0 Å². The lowest BCUT2D eigenvalue weighted by molar-refractivity contribution is 0.134. The van der Waals surface area contributed by atoms with Crippen molar-refractivity contribution >= 4 is 0 Å². The SMILES string of the molecule is C#CCNCCN1CCCC(N(C)C)C1. The van der Waals surface area contributed by atoms with Gasteiger partial charge in [-0.05, 0) is 33.5 Å². The van der Waals surface area contributed by atoms with Gasteiger partial charge in [-0.1, -0.05) is 5.92 Å². The molecule has 0 aromatic rings. The predicted octanol–water partition coefficient (Wildman–Crippen LogP) is 0.235. The lowest BCUT2D eigenvalue weighted by Crippen LogP contribution is -2.46. The van der Waals surface area contributed by atoms with Crippen molar-refractivity contribution in [2.24, 2.45) is 0 Å². The number of rotatable bonds is 5. The van der Waals surface area contributed by atoms with E-state index in [0.29, 0.717) is 6.54 Å². The van der Waals surface area contributed by atoms with Crippen molar-refractivity contribution in [3.05, 3.63) is 0 Å². The van der Waals surface area contributed by atoms with Crippen LogP contribution < -0.4 is 5.32 Å². The quantitative estimate of drug-likeness (QED) is 0.517. The van der Waals surface area contributed by atoms with Gasteiger partial charge in [0.15, 0.2) is 0 Å². The summed E-state index contributed by atoms with van der Waals surface area (Å²) in [6.45, 7) is 5.24. The van der Waals surface area contributed by atoms with E-state index in [2.05, 4.69) is 35.1 Å². The zero-order valence-corrected chi connectivity index (χ0v) is 10.00. The summed E-state index contributed by atoms with van der Waals surface area (Å²) in [5.74, 6) is 2.59. The van der Waals surface area contributed by atoms with Gasteiger partial charge in [0.1, 0.15) is 0 Å². The molecule has 3 heteroatoms. The summed E-state index contributed by atoms with van der Waals surface area (Å²) in [7, 11) is 4.34. The van der Waals surface area contributed by atoms with E-state index in [-0.39, 0.29) is 0 Å². The summed E-state index contributed by atoms with van der Waals surface area (Å²) in [5.41, 5.74) is 0. The molecule has 1 aliphatic heterocycles. The lowest BCUT2D eigenvalue weighted by Gasteiger charge is -2.36. The van der Waals surface area contributed by atoms with Gasteiger partial charge in [0.25, 0.3) is 0 Å². The molecule has 86 valence electrons. The van der Waals surface area contributed by atoms with Crippen molar-refractivity contribution in [2.45, 2.75) is 18.9 Å². The highest BCUT2D eigenvalue weighted by molar-refractivity contribution is 4.86. The molecule has 0 aromatic carbocycles. The Balaban J connectivity index is 2.16. The van der Waals surface area contributed by atoms with Gasteiger partial charge in [0.2, 0.25) is 0 Å². The van der Waals surface area contributed by atoms with Crippen molar-refractivity contribution in [2.75, 3.05) is 46.8 Å². The van der Waals surface area contributed by atoms with Crippen LogP contribution in [0.5, 0.6) is 0 Å². The fraction of sp³-hybridized carbons (Fsp3) is 0.833. The van der Waals surface area contributed by atoms with E-state index < -0.39 is 0 Å². The van der Waals surface area contributed by atoms with Crippen LogP contribution in [0.15, 0.2) is 0 Å². The number of piperidine rings is 1. The topological polar surface area (TPSA) is 18.5 Å². The Morgan fingerprint density at radius 1 is 1.53 bits per heavy atom. The molecule has 0 spiro atoms. The number of hydrogen-bond acceptors (Lipinski definition) is 3. The molecule has 1 rings (SSSR count). The molecule has 0 bridgehead atoms. The minimum Gasteiger partial charge on any atom is -0.305 e. The Labute approximate surface area is 93.8 Å². The monoisotopic (exact) mass is 209 g/mol. The van der Waals surface area contributed by atoms with Crippen LogP contribution in [0.2, 0.25) is 0 Å². The standard InChI is InChI=1S/C12H23N3/c1-4-7-13-8-10-15-9-5-6-12(11-15)14(2)3/h1,12-13H,5-11H2,2-3H3. The number of likely N-dealkylation sites (N-methyl/N-ethyl adjacent to an activating group) is 1. The van der Waals surface area contributed by atoms with Crippen LogP contribution in [-0.4, -0.2) is 62.7 Å². The first-order valence-corrected chi connectivity index (χ1v) is 5.77. The molecule has 1 atom stereocenters. The summed E-state index contributed by atoms with van der Waals surface area (Å²) < 4.78 is 0. The van der Waals surface area contributed by atoms with Gasteiger partial charge in [-0.25, -0.2) is 0 Å². The molecular weight excluding hydrogens is 186 g/mol. The molecule has 3 nitrogen and oxygen atoms in total. The fourth-order valence-corrected chi connectivity index (χ4v) is 2.05. The molecule has 1 N–H and O–H groups in total. The van der Waals surface area contributed by atoms with Crippen LogP contribution in [0.3, 0.4) is 0 Å². The summed E-state index contributed by atoms with van der Waals surface area (Å²) in [5, 5.41) is 3.24. The summed E-state index contributed by atoms with van der Waals surface area (Å²) >= 11 is 0. The minimum atomic E-state index is 0.685. The largest absolute Gasteiger partial charge is 0.305 e. The highest BCUT2D eigenvalue weighted by Gasteiger charge is 2.20. The van der Waals surface area contributed by atoms with Crippen molar-refractivity contribution < 1.29 is 0 Å². The normalized spacial score (nSPS) is 22.9. The number of terminal acetylenes is 1. The molecule has 0 aliphatic carbocycles. The highest BCUT2D eigenvalue weighted by Crippen LogP contribution is 2.12. The molecule has 1 aliphatic rings. The molecule has 1 fully saturated rings. The molecule has 1 unspecified atom stereocenters. The first kappa shape index (κ1) is 12.5. The van der Waals surface area contributed by atoms with E-state index in [9.17, 15) is 0 Å². The van der Waals surface area contributed by atoms with Gasteiger partial charge in [-0.2, -0.15) is 0 Å². The average Bonchev–Trinajstić information content (AvgIpc) is 2.25. The zero-order chi connectivity index (χ0) is 11.1. The van der Waals surface area contributed by atoms with Gasteiger partial charge in [-0.3, -0.25) is 0 Å².